The molecule has 0 radical (unpaired) electrons. The Kier molecular flexibility index (Phi) is 5.81. The Morgan fingerprint density at radius 2 is 2.03 bits per heavy atom. The van der Waals surface area contributed by atoms with Crippen LogP contribution in [0.5, 0.6) is 0 Å². The third-order valence-electron chi connectivity index (χ3n) is 5.40. The van der Waals surface area contributed by atoms with E-state index in [0.29, 0.717) is 31.9 Å². The lowest BCUT2D eigenvalue weighted by molar-refractivity contribution is -0.137. The lowest BCUT2D eigenvalue weighted by Crippen LogP contribution is -2.33. The molecule has 0 bridgehead atoms. The molecule has 0 aliphatic carbocycles. The number of carbonyl (C=O) groups excluding carboxylic acids is 1. The second kappa shape index (κ2) is 8.54. The molecule has 2 aromatic heterocycles. The summed E-state index contributed by atoms with van der Waals surface area (Å²) >= 11 is 0. The van der Waals surface area contributed by atoms with E-state index in [1.54, 1.807) is 24.4 Å². The number of carbonyl (C=O) groups is 1. The molecule has 0 saturated carbocycles. The van der Waals surface area contributed by atoms with Crippen LogP contribution in [0.2, 0.25) is 0 Å². The highest BCUT2D eigenvalue weighted by molar-refractivity contribution is 5.89. The highest BCUT2D eigenvalue weighted by Gasteiger charge is 2.32. The Balaban J connectivity index is 1.46. The van der Waals surface area contributed by atoms with Crippen molar-refractivity contribution in [2.75, 3.05) is 32.1 Å². The van der Waals surface area contributed by atoms with Gasteiger partial charge in [0.15, 0.2) is 0 Å². The van der Waals surface area contributed by atoms with Crippen molar-refractivity contribution in [3.63, 3.8) is 0 Å². The number of alkyl halides is 3. The minimum absolute atomic E-state index is 0.0441. The molecule has 1 N–H and O–H groups in total. The van der Waals surface area contributed by atoms with Gasteiger partial charge in [0, 0.05) is 44.5 Å². The summed E-state index contributed by atoms with van der Waals surface area (Å²) < 4.78 is 45.4. The summed E-state index contributed by atoms with van der Waals surface area (Å²) in [5, 5.41) is 2.67. The maximum Gasteiger partial charge on any atom is 0.416 e. The maximum absolute atomic E-state index is 12.7. The number of imidazole rings is 1. The van der Waals surface area contributed by atoms with Gasteiger partial charge in [0.25, 0.3) is 0 Å². The van der Waals surface area contributed by atoms with E-state index < -0.39 is 11.7 Å². The van der Waals surface area contributed by atoms with Crippen LogP contribution in [0.25, 0.3) is 11.0 Å². The zero-order valence-electron chi connectivity index (χ0n) is 16.9. The molecule has 1 fully saturated rings. The van der Waals surface area contributed by atoms with Crippen LogP contribution in [0.1, 0.15) is 23.7 Å². The highest BCUT2D eigenvalue weighted by Crippen LogP contribution is 2.31. The van der Waals surface area contributed by atoms with Gasteiger partial charge in [-0.15, -0.1) is 0 Å². The zero-order valence-corrected chi connectivity index (χ0v) is 16.9. The molecule has 10 heteroatoms. The van der Waals surface area contributed by atoms with Gasteiger partial charge in [-0.05, 0) is 36.8 Å². The number of likely N-dealkylation sites (tertiary alicyclic amines) is 1. The zero-order chi connectivity index (χ0) is 22.0. The first kappa shape index (κ1) is 21.1. The molecule has 1 atom stereocenters. The molecule has 1 saturated heterocycles. The quantitative estimate of drug-likeness (QED) is 0.657. The number of nitrogens with one attached hydrogen (secondary N) is 1. The van der Waals surface area contributed by atoms with Crippen LogP contribution in [0.4, 0.5) is 23.7 Å². The number of fused-ring (bicyclic) bond motifs is 1. The van der Waals surface area contributed by atoms with Crippen LogP contribution >= 0.6 is 0 Å². The number of ether oxygens (including phenoxy) is 1. The predicted octanol–water partition coefficient (Wildman–Crippen LogP) is 4.12. The summed E-state index contributed by atoms with van der Waals surface area (Å²) in [6.07, 6.45) is -0.206. The third kappa shape index (κ3) is 4.48. The van der Waals surface area contributed by atoms with Gasteiger partial charge in [0.2, 0.25) is 0 Å². The normalized spacial score (nSPS) is 16.8. The summed E-state index contributed by atoms with van der Waals surface area (Å²) in [7, 11) is 1.64. The van der Waals surface area contributed by atoms with Crippen LogP contribution < -0.4 is 5.32 Å². The van der Waals surface area contributed by atoms with Gasteiger partial charge in [-0.1, -0.05) is 0 Å². The summed E-state index contributed by atoms with van der Waals surface area (Å²) in [5.41, 5.74) is 1.33. The Bertz CT molecular complexity index is 1070. The number of rotatable bonds is 5. The number of hydrogen-bond donors (Lipinski definition) is 1. The summed E-state index contributed by atoms with van der Waals surface area (Å²) in [4.78, 5) is 23.2. The molecule has 31 heavy (non-hydrogen) atoms. The van der Waals surface area contributed by atoms with Crippen molar-refractivity contribution in [3.8, 4) is 0 Å². The van der Waals surface area contributed by atoms with Crippen molar-refractivity contribution < 1.29 is 22.7 Å². The number of methoxy groups -OCH3 is 1. The standard InChI is InChI=1S/C21H22F3N5O2/c1-31-11-10-29-18-12-25-8-6-17(18)27-19(29)14-7-9-28(13-14)20(30)26-16-4-2-15(3-5-16)21(22,23)24/h2-6,8,12,14H,7,9-11,13H2,1H3,(H,26,30)/t14-/m1/s1. The van der Waals surface area contributed by atoms with Gasteiger partial charge in [-0.25, -0.2) is 9.78 Å². The minimum Gasteiger partial charge on any atom is -0.383 e. The summed E-state index contributed by atoms with van der Waals surface area (Å²) in [6.45, 7) is 2.15. The minimum atomic E-state index is -4.41. The van der Waals surface area contributed by atoms with Crippen LogP contribution in [-0.4, -0.2) is 52.3 Å². The molecule has 164 valence electrons. The van der Waals surface area contributed by atoms with Gasteiger partial charge in [-0.3, -0.25) is 4.98 Å². The molecule has 1 aliphatic heterocycles. The largest absolute Gasteiger partial charge is 0.416 e. The number of amides is 2. The van der Waals surface area contributed by atoms with E-state index in [4.69, 9.17) is 9.72 Å². The Hall–Kier alpha value is -3.14. The topological polar surface area (TPSA) is 72.3 Å². The lowest BCUT2D eigenvalue weighted by Gasteiger charge is -2.18. The molecule has 1 aromatic carbocycles. The smallest absolute Gasteiger partial charge is 0.383 e. The van der Waals surface area contributed by atoms with Crippen molar-refractivity contribution in [1.82, 2.24) is 19.4 Å². The third-order valence-corrected chi connectivity index (χ3v) is 5.40. The maximum atomic E-state index is 12.7. The van der Waals surface area contributed by atoms with Gasteiger partial charge < -0.3 is 19.5 Å². The van der Waals surface area contributed by atoms with Crippen LogP contribution in [0, 0.1) is 0 Å². The Morgan fingerprint density at radius 1 is 1.26 bits per heavy atom. The average molecular weight is 433 g/mol. The van der Waals surface area contributed by atoms with E-state index in [0.717, 1.165) is 35.4 Å². The first-order chi connectivity index (χ1) is 14.9. The monoisotopic (exact) mass is 433 g/mol. The number of nitrogens with zero attached hydrogens (tertiary/aromatic N) is 4. The van der Waals surface area contributed by atoms with Gasteiger partial charge in [0.1, 0.15) is 5.82 Å². The summed E-state index contributed by atoms with van der Waals surface area (Å²) in [5.74, 6) is 0.924. The molecule has 1 aliphatic rings. The fraction of sp³-hybridized carbons (Fsp3) is 0.381. The van der Waals surface area contributed by atoms with Gasteiger partial charge in [-0.2, -0.15) is 13.2 Å². The molecule has 0 unspecified atom stereocenters. The number of halogens is 3. The van der Waals surface area contributed by atoms with E-state index in [2.05, 4.69) is 14.9 Å². The first-order valence-corrected chi connectivity index (χ1v) is 9.89. The number of pyridine rings is 1. The number of benzene rings is 1. The van der Waals surface area contributed by atoms with Crippen LogP contribution in [-0.2, 0) is 17.5 Å². The van der Waals surface area contributed by atoms with E-state index in [9.17, 15) is 18.0 Å². The predicted molar refractivity (Wildman–Crippen MR) is 109 cm³/mol. The number of urea groups is 1. The van der Waals surface area contributed by atoms with Crippen molar-refractivity contribution in [2.24, 2.45) is 0 Å². The summed E-state index contributed by atoms with van der Waals surface area (Å²) in [6, 6.07) is 5.93. The molecule has 3 heterocycles. The van der Waals surface area contributed by atoms with Gasteiger partial charge in [0.05, 0.1) is 29.4 Å². The molecule has 7 nitrogen and oxygen atoms in total. The molecular formula is C21H22F3N5O2. The molecule has 4 rings (SSSR count). The fourth-order valence-corrected chi connectivity index (χ4v) is 3.82. The first-order valence-electron chi connectivity index (χ1n) is 9.89. The second-order valence-corrected chi connectivity index (χ2v) is 7.42. The number of anilines is 1. The Morgan fingerprint density at radius 3 is 2.74 bits per heavy atom. The number of aromatic nitrogens is 3. The number of hydrogen-bond acceptors (Lipinski definition) is 4. The van der Waals surface area contributed by atoms with E-state index in [1.807, 2.05) is 6.07 Å². The molecule has 0 spiro atoms. The highest BCUT2D eigenvalue weighted by atomic mass is 19.4. The fourth-order valence-electron chi connectivity index (χ4n) is 3.82. The Labute approximate surface area is 176 Å². The van der Waals surface area contributed by atoms with E-state index in [1.165, 1.54) is 12.1 Å². The van der Waals surface area contributed by atoms with Crippen molar-refractivity contribution in [1.29, 1.82) is 0 Å². The SMILES string of the molecule is COCCn1c([C@@H]2CCN(C(=O)Nc3ccc(C(F)(F)F)cc3)C2)nc2ccncc21. The molecule has 3 aromatic rings. The van der Waals surface area contributed by atoms with E-state index in [-0.39, 0.29) is 11.9 Å². The molecule has 2 amide bonds. The molecular weight excluding hydrogens is 411 g/mol. The second-order valence-electron chi connectivity index (χ2n) is 7.42. The van der Waals surface area contributed by atoms with Crippen LogP contribution in [0.15, 0.2) is 42.7 Å². The average Bonchev–Trinajstić information content (AvgIpc) is 3.37. The van der Waals surface area contributed by atoms with Crippen molar-refractivity contribution in [2.45, 2.75) is 25.1 Å². The van der Waals surface area contributed by atoms with Crippen LogP contribution in [0.3, 0.4) is 0 Å². The van der Waals surface area contributed by atoms with Gasteiger partial charge >= 0.3 is 12.2 Å². The van der Waals surface area contributed by atoms with Crippen molar-refractivity contribution >= 4 is 22.8 Å². The van der Waals surface area contributed by atoms with Crippen molar-refractivity contribution in [3.05, 3.63) is 54.1 Å². The lowest BCUT2D eigenvalue weighted by atomic mass is 10.1. The van der Waals surface area contributed by atoms with E-state index >= 15 is 0 Å².